The van der Waals surface area contributed by atoms with Crippen LogP contribution in [-0.2, 0) is 10.3 Å². The fourth-order valence-corrected chi connectivity index (χ4v) is 6.53. The number of ether oxygens (including phenoxy) is 3. The van der Waals surface area contributed by atoms with Crippen LogP contribution in [0.5, 0.6) is 17.2 Å². The van der Waals surface area contributed by atoms with Gasteiger partial charge in [0.25, 0.3) is 0 Å². The molecule has 1 aliphatic carbocycles. The van der Waals surface area contributed by atoms with E-state index in [0.717, 1.165) is 33.8 Å². The van der Waals surface area contributed by atoms with Crippen LogP contribution in [0.3, 0.4) is 0 Å². The first-order valence-corrected chi connectivity index (χ1v) is 14.0. The molecule has 7 rings (SSSR count). The molecule has 0 radical (unpaired) electrons. The van der Waals surface area contributed by atoms with Crippen LogP contribution in [-0.4, -0.2) is 26.2 Å². The number of carbonyl (C=O) groups excluding carboxylic acids is 1. The van der Waals surface area contributed by atoms with E-state index in [-0.39, 0.29) is 5.97 Å². The molecule has 1 N–H and O–H groups in total. The van der Waals surface area contributed by atoms with Gasteiger partial charge in [0.05, 0.1) is 18.4 Å². The van der Waals surface area contributed by atoms with Gasteiger partial charge in [-0.05, 0) is 49.2 Å². The lowest BCUT2D eigenvalue weighted by Crippen LogP contribution is -2.35. The molecule has 4 aromatic rings. The van der Waals surface area contributed by atoms with Gasteiger partial charge in [0.15, 0.2) is 5.60 Å². The van der Waals surface area contributed by atoms with Gasteiger partial charge in [-0.3, -0.25) is 0 Å². The van der Waals surface area contributed by atoms with Gasteiger partial charge < -0.3 is 24.4 Å². The Morgan fingerprint density at radius 3 is 2.40 bits per heavy atom. The Hall–Kier alpha value is -4.45. The van der Waals surface area contributed by atoms with E-state index in [2.05, 4.69) is 35.5 Å². The summed E-state index contributed by atoms with van der Waals surface area (Å²) < 4.78 is 18.8. The lowest BCUT2D eigenvalue weighted by Gasteiger charge is -2.38. The third-order valence-corrected chi connectivity index (χ3v) is 8.60. The minimum atomic E-state index is -1.14. The first-order chi connectivity index (χ1) is 19.6. The fraction of sp³-hybridized carbons (Fsp3) is 0.265. The predicted octanol–water partition coefficient (Wildman–Crippen LogP) is 7.78. The third-order valence-electron chi connectivity index (χ3n) is 8.60. The van der Waals surface area contributed by atoms with E-state index in [1.54, 1.807) is 7.11 Å². The summed E-state index contributed by atoms with van der Waals surface area (Å²) in [5.41, 5.74) is 4.59. The van der Waals surface area contributed by atoms with Crippen molar-refractivity contribution >= 4 is 23.0 Å². The predicted molar refractivity (Wildman–Crippen MR) is 156 cm³/mol. The van der Waals surface area contributed by atoms with E-state index >= 15 is 0 Å². The number of fused-ring (bicyclic) bond motifs is 6. The molecule has 1 saturated carbocycles. The van der Waals surface area contributed by atoms with Crippen molar-refractivity contribution in [2.24, 2.45) is 0 Å². The van der Waals surface area contributed by atoms with E-state index in [9.17, 15) is 4.79 Å². The highest BCUT2D eigenvalue weighted by Gasteiger charge is 2.54. The molecule has 1 fully saturated rings. The van der Waals surface area contributed by atoms with Gasteiger partial charge >= 0.3 is 5.97 Å². The average molecular weight is 533 g/mol. The number of anilines is 3. The molecule has 2 heterocycles. The summed E-state index contributed by atoms with van der Waals surface area (Å²) in [5.74, 6) is 1.58. The zero-order valence-corrected chi connectivity index (χ0v) is 22.8. The standard InChI is InChI=1S/C34H32N2O4/c1-36(23-13-7-4-8-14-23)24-17-18-27-30(19-24)39-31-21-32(38-2)29(35-22-11-5-3-6-12-22)20-28(31)34(27)26-16-10-9-15-25(26)33(37)40-34/h3,5-6,9-12,15-21,23,35H,4,7-8,13-14H2,1-2H3. The summed E-state index contributed by atoms with van der Waals surface area (Å²) in [4.78, 5) is 15.7. The molecule has 202 valence electrons. The number of carbonyl (C=O) groups is 1. The number of benzene rings is 4. The van der Waals surface area contributed by atoms with Crippen molar-refractivity contribution < 1.29 is 19.0 Å². The minimum absolute atomic E-state index is 0.341. The highest BCUT2D eigenvalue weighted by Crippen LogP contribution is 2.58. The van der Waals surface area contributed by atoms with Crippen molar-refractivity contribution in [3.8, 4) is 17.2 Å². The van der Waals surface area contributed by atoms with Crippen molar-refractivity contribution in [2.75, 3.05) is 24.4 Å². The van der Waals surface area contributed by atoms with Gasteiger partial charge in [-0.25, -0.2) is 4.79 Å². The molecule has 6 heteroatoms. The zero-order chi connectivity index (χ0) is 27.3. The Morgan fingerprint density at radius 1 is 0.850 bits per heavy atom. The van der Waals surface area contributed by atoms with Gasteiger partial charge in [0, 0.05) is 53.3 Å². The Kier molecular flexibility index (Phi) is 5.92. The summed E-state index contributed by atoms with van der Waals surface area (Å²) in [5, 5.41) is 3.47. The number of methoxy groups -OCH3 is 1. The monoisotopic (exact) mass is 532 g/mol. The van der Waals surface area contributed by atoms with E-state index in [1.807, 2.05) is 66.7 Å². The SMILES string of the molecule is COc1cc2c(cc1Nc1ccccc1)C1(OC(=O)c3ccccc31)c1ccc(N(C)C3CCCCC3)cc1O2. The van der Waals surface area contributed by atoms with Crippen molar-refractivity contribution in [3.63, 3.8) is 0 Å². The number of hydrogen-bond donors (Lipinski definition) is 1. The second-order valence-electron chi connectivity index (χ2n) is 10.8. The first kappa shape index (κ1) is 24.6. The third kappa shape index (κ3) is 3.81. The van der Waals surface area contributed by atoms with Gasteiger partial charge in [-0.15, -0.1) is 0 Å². The molecule has 4 aromatic carbocycles. The molecule has 1 unspecified atom stereocenters. The van der Waals surface area contributed by atoms with Crippen LogP contribution in [0.15, 0.2) is 84.9 Å². The summed E-state index contributed by atoms with van der Waals surface area (Å²) in [6.45, 7) is 0. The van der Waals surface area contributed by atoms with Crippen LogP contribution < -0.4 is 19.7 Å². The molecule has 0 bridgehead atoms. The highest BCUT2D eigenvalue weighted by atomic mass is 16.6. The number of rotatable bonds is 5. The Labute approximate surface area is 234 Å². The second kappa shape index (κ2) is 9.63. The molecule has 6 nitrogen and oxygen atoms in total. The largest absolute Gasteiger partial charge is 0.494 e. The fourth-order valence-electron chi connectivity index (χ4n) is 6.53. The molecule has 0 amide bonds. The minimum Gasteiger partial charge on any atom is -0.494 e. The number of para-hydroxylation sites is 1. The molecule has 1 spiro atoms. The van der Waals surface area contributed by atoms with Crippen molar-refractivity contribution in [1.29, 1.82) is 0 Å². The molecular weight excluding hydrogens is 500 g/mol. The van der Waals surface area contributed by atoms with Crippen LogP contribution in [0.25, 0.3) is 0 Å². The quantitative estimate of drug-likeness (QED) is 0.265. The van der Waals surface area contributed by atoms with Crippen LogP contribution in [0.2, 0.25) is 0 Å². The highest BCUT2D eigenvalue weighted by molar-refractivity contribution is 5.97. The summed E-state index contributed by atoms with van der Waals surface area (Å²) in [6, 6.07) is 28.2. The number of esters is 1. The maximum absolute atomic E-state index is 13.3. The van der Waals surface area contributed by atoms with Gasteiger partial charge in [0.2, 0.25) is 0 Å². The number of hydrogen-bond acceptors (Lipinski definition) is 6. The van der Waals surface area contributed by atoms with Crippen LogP contribution in [0, 0.1) is 0 Å². The van der Waals surface area contributed by atoms with Gasteiger partial charge in [-0.2, -0.15) is 0 Å². The average Bonchev–Trinajstić information content (AvgIpc) is 3.30. The molecular formula is C34H32N2O4. The van der Waals surface area contributed by atoms with Gasteiger partial charge in [-0.1, -0.05) is 55.7 Å². The molecule has 0 aromatic heterocycles. The summed E-state index contributed by atoms with van der Waals surface area (Å²) >= 11 is 0. The van der Waals surface area contributed by atoms with E-state index in [4.69, 9.17) is 14.2 Å². The second-order valence-corrected chi connectivity index (χ2v) is 10.8. The Balaban J connectivity index is 1.40. The number of nitrogens with zero attached hydrogens (tertiary/aromatic N) is 1. The molecule has 3 aliphatic rings. The van der Waals surface area contributed by atoms with Crippen molar-refractivity contribution in [2.45, 2.75) is 43.7 Å². The summed E-state index contributed by atoms with van der Waals surface area (Å²) in [6.07, 6.45) is 6.23. The Morgan fingerprint density at radius 2 is 1.60 bits per heavy atom. The maximum atomic E-state index is 13.3. The van der Waals surface area contributed by atoms with Crippen molar-refractivity contribution in [1.82, 2.24) is 0 Å². The first-order valence-electron chi connectivity index (χ1n) is 14.0. The lowest BCUT2D eigenvalue weighted by molar-refractivity contribution is 0.0224. The van der Waals surface area contributed by atoms with Crippen LogP contribution >= 0.6 is 0 Å². The van der Waals surface area contributed by atoms with Crippen LogP contribution in [0.4, 0.5) is 17.1 Å². The van der Waals surface area contributed by atoms with E-state index < -0.39 is 5.60 Å². The molecule has 2 aliphatic heterocycles. The molecule has 1 atom stereocenters. The smallest absolute Gasteiger partial charge is 0.340 e. The summed E-state index contributed by atoms with van der Waals surface area (Å²) in [7, 11) is 3.81. The van der Waals surface area contributed by atoms with E-state index in [1.165, 1.54) is 32.1 Å². The zero-order valence-electron chi connectivity index (χ0n) is 22.8. The van der Waals surface area contributed by atoms with Crippen molar-refractivity contribution in [3.05, 3.63) is 107 Å². The normalized spacial score (nSPS) is 19.2. The van der Waals surface area contributed by atoms with Crippen LogP contribution in [0.1, 0.15) is 59.2 Å². The number of nitrogens with one attached hydrogen (secondary N) is 1. The Bertz CT molecular complexity index is 1600. The maximum Gasteiger partial charge on any atom is 0.340 e. The van der Waals surface area contributed by atoms with E-state index in [0.29, 0.717) is 28.9 Å². The topological polar surface area (TPSA) is 60.0 Å². The molecule has 40 heavy (non-hydrogen) atoms. The lowest BCUT2D eigenvalue weighted by atomic mass is 9.77. The van der Waals surface area contributed by atoms with Gasteiger partial charge in [0.1, 0.15) is 17.2 Å². The molecule has 0 saturated heterocycles.